The van der Waals surface area contributed by atoms with Gasteiger partial charge in [0.25, 0.3) is 0 Å². The minimum absolute atomic E-state index is 0.134. The summed E-state index contributed by atoms with van der Waals surface area (Å²) in [5.74, 6) is -0.505. The van der Waals surface area contributed by atoms with Crippen LogP contribution in [0, 0.1) is 12.3 Å². The molecule has 0 radical (unpaired) electrons. The lowest BCUT2D eigenvalue weighted by Gasteiger charge is -2.04. The van der Waals surface area contributed by atoms with Crippen molar-refractivity contribution in [3.63, 3.8) is 0 Å². The van der Waals surface area contributed by atoms with Crippen LogP contribution in [-0.2, 0) is 4.74 Å². The zero-order valence-corrected chi connectivity index (χ0v) is 14.8. The Bertz CT molecular complexity index is 889. The maximum Gasteiger partial charge on any atom is 0.338 e. The fourth-order valence-corrected chi connectivity index (χ4v) is 3.57. The zero-order chi connectivity index (χ0) is 17.1. The lowest BCUT2D eigenvalue weighted by Crippen LogP contribution is -2.14. The highest BCUT2D eigenvalue weighted by Crippen LogP contribution is 2.28. The Morgan fingerprint density at radius 2 is 2.08 bits per heavy atom. The molecule has 0 saturated carbocycles. The van der Waals surface area contributed by atoms with Crippen LogP contribution in [0.15, 0.2) is 29.6 Å². The molecule has 0 aliphatic heterocycles. The van der Waals surface area contributed by atoms with Gasteiger partial charge in [0.2, 0.25) is 0 Å². The second-order valence-electron chi connectivity index (χ2n) is 4.79. The Hall–Kier alpha value is -2.16. The average Bonchev–Trinajstić information content (AvgIpc) is 3.21. The maximum atomic E-state index is 11.9. The van der Waals surface area contributed by atoms with Crippen LogP contribution < -0.4 is 0 Å². The van der Waals surface area contributed by atoms with Crippen LogP contribution >= 0.6 is 34.5 Å². The number of carbonyl (C=O) groups excluding carboxylic acids is 1. The first-order valence-electron chi connectivity index (χ1n) is 6.80. The highest BCUT2D eigenvalue weighted by Gasteiger charge is 2.15. The van der Waals surface area contributed by atoms with Crippen LogP contribution in [0.4, 0.5) is 0 Å². The lowest BCUT2D eigenvalue weighted by molar-refractivity contribution is 0.0563. The van der Waals surface area contributed by atoms with Crippen molar-refractivity contribution in [3.8, 4) is 9.88 Å². The van der Waals surface area contributed by atoms with Gasteiger partial charge >= 0.3 is 5.97 Å². The van der Waals surface area contributed by atoms with Crippen LogP contribution in [0.3, 0.4) is 0 Å². The Balaban J connectivity index is 1.63. The molecule has 0 saturated heterocycles. The van der Waals surface area contributed by atoms with Gasteiger partial charge in [0.15, 0.2) is 0 Å². The van der Waals surface area contributed by atoms with E-state index in [1.165, 1.54) is 22.9 Å². The van der Waals surface area contributed by atoms with Crippen LogP contribution in [0.25, 0.3) is 9.88 Å². The van der Waals surface area contributed by atoms with Crippen molar-refractivity contribution in [1.29, 1.82) is 5.41 Å². The molecule has 0 atom stereocenters. The quantitative estimate of drug-likeness (QED) is 0.538. The molecule has 0 fully saturated rings. The molecule has 9 heteroatoms. The minimum atomic E-state index is -0.505. The summed E-state index contributed by atoms with van der Waals surface area (Å²) in [5, 5.41) is 15.0. The predicted octanol–water partition coefficient (Wildman–Crippen LogP) is 3.85. The summed E-state index contributed by atoms with van der Waals surface area (Å²) >= 11 is 8.45. The monoisotopic (exact) mass is 378 g/mol. The van der Waals surface area contributed by atoms with E-state index in [4.69, 9.17) is 21.7 Å². The molecule has 3 rings (SSSR count). The van der Waals surface area contributed by atoms with Gasteiger partial charge in [-0.05, 0) is 42.7 Å². The van der Waals surface area contributed by atoms with Crippen molar-refractivity contribution in [2.45, 2.75) is 6.92 Å². The number of ether oxygens (including phenoxy) is 1. The largest absolute Gasteiger partial charge is 0.456 e. The van der Waals surface area contributed by atoms with Gasteiger partial charge in [-0.3, -0.25) is 5.41 Å². The van der Waals surface area contributed by atoms with Gasteiger partial charge in [-0.15, -0.1) is 16.4 Å². The molecule has 24 heavy (non-hydrogen) atoms. The van der Waals surface area contributed by atoms with E-state index in [-0.39, 0.29) is 12.3 Å². The third-order valence-corrected chi connectivity index (χ3v) is 5.16. The number of thiazole rings is 1. The molecular formula is C15H11ClN4O2S2. The Morgan fingerprint density at radius 1 is 1.33 bits per heavy atom. The minimum Gasteiger partial charge on any atom is -0.456 e. The Kier molecular flexibility index (Phi) is 4.98. The van der Waals surface area contributed by atoms with Crippen molar-refractivity contribution in [3.05, 3.63) is 51.6 Å². The van der Waals surface area contributed by atoms with Gasteiger partial charge in [-0.2, -0.15) is 0 Å². The number of aromatic nitrogens is 3. The molecule has 0 bridgehead atoms. The topological polar surface area (TPSA) is 88.8 Å². The zero-order valence-electron chi connectivity index (χ0n) is 12.4. The van der Waals surface area contributed by atoms with Crippen LogP contribution in [-0.4, -0.2) is 32.9 Å². The molecule has 0 unspecified atom stereocenters. The number of nitrogens with zero attached hydrogens (tertiary/aromatic N) is 3. The summed E-state index contributed by atoms with van der Waals surface area (Å²) < 4.78 is 9.02. The van der Waals surface area contributed by atoms with Gasteiger partial charge in [0.05, 0.1) is 22.7 Å². The van der Waals surface area contributed by atoms with Gasteiger partial charge in [0.1, 0.15) is 16.5 Å². The molecule has 2 aromatic heterocycles. The van der Waals surface area contributed by atoms with Crippen LogP contribution in [0.2, 0.25) is 5.02 Å². The van der Waals surface area contributed by atoms with E-state index in [9.17, 15) is 4.79 Å². The smallest absolute Gasteiger partial charge is 0.338 e. The Labute approximate surface area is 150 Å². The molecule has 3 aromatic rings. The van der Waals surface area contributed by atoms with E-state index >= 15 is 0 Å². The number of aryl methyl sites for hydroxylation is 1. The third kappa shape index (κ3) is 3.66. The predicted molar refractivity (Wildman–Crippen MR) is 94.3 cm³/mol. The van der Waals surface area contributed by atoms with Crippen molar-refractivity contribution in [2.75, 3.05) is 6.61 Å². The summed E-state index contributed by atoms with van der Waals surface area (Å²) in [6.45, 7) is 1.71. The maximum absolute atomic E-state index is 11.9. The number of halogens is 1. The SMILES string of the molecule is Cc1nnsc1-c1nc(C(=N)COC(=O)c2ccc(Cl)cc2)cs1. The van der Waals surface area contributed by atoms with E-state index in [0.717, 1.165) is 15.6 Å². The van der Waals surface area contributed by atoms with Gasteiger partial charge in [-0.25, -0.2) is 9.78 Å². The van der Waals surface area contributed by atoms with Gasteiger partial charge in [-0.1, -0.05) is 16.1 Å². The molecule has 0 spiro atoms. The highest BCUT2D eigenvalue weighted by molar-refractivity contribution is 7.18. The summed E-state index contributed by atoms with van der Waals surface area (Å²) in [5.41, 5.74) is 1.81. The van der Waals surface area contributed by atoms with E-state index in [1.807, 2.05) is 6.92 Å². The first kappa shape index (κ1) is 16.7. The first-order valence-corrected chi connectivity index (χ1v) is 8.83. The van der Waals surface area contributed by atoms with Crippen molar-refractivity contribution in [2.24, 2.45) is 0 Å². The number of rotatable bonds is 5. The number of benzene rings is 1. The molecule has 2 heterocycles. The number of hydrogen-bond donors (Lipinski definition) is 1. The van der Waals surface area contributed by atoms with Crippen molar-refractivity contribution in [1.82, 2.24) is 14.6 Å². The van der Waals surface area contributed by atoms with E-state index in [0.29, 0.717) is 16.3 Å². The Morgan fingerprint density at radius 3 is 2.75 bits per heavy atom. The van der Waals surface area contributed by atoms with Gasteiger partial charge < -0.3 is 4.74 Å². The molecule has 122 valence electrons. The molecule has 1 aromatic carbocycles. The molecule has 1 N–H and O–H groups in total. The van der Waals surface area contributed by atoms with E-state index < -0.39 is 5.97 Å². The first-order chi connectivity index (χ1) is 11.5. The van der Waals surface area contributed by atoms with E-state index in [1.54, 1.807) is 29.6 Å². The van der Waals surface area contributed by atoms with Gasteiger partial charge in [0, 0.05) is 10.4 Å². The second kappa shape index (κ2) is 7.16. The molecule has 0 aliphatic rings. The summed E-state index contributed by atoms with van der Waals surface area (Å²) in [6, 6.07) is 6.38. The van der Waals surface area contributed by atoms with Crippen LogP contribution in [0.1, 0.15) is 21.7 Å². The third-order valence-electron chi connectivity index (χ3n) is 3.09. The fraction of sp³-hybridized carbons (Fsp3) is 0.133. The molecule has 6 nitrogen and oxygen atoms in total. The fourth-order valence-electron chi connectivity index (χ4n) is 1.83. The van der Waals surface area contributed by atoms with E-state index in [2.05, 4.69) is 14.6 Å². The summed E-state index contributed by atoms with van der Waals surface area (Å²) in [7, 11) is 0. The standard InChI is InChI=1S/C15H11ClN4O2S2/c1-8-13(24-20-19-8)14-18-12(7-23-14)11(17)6-22-15(21)9-2-4-10(16)5-3-9/h2-5,7,17H,6H2,1H3. The summed E-state index contributed by atoms with van der Waals surface area (Å²) in [4.78, 5) is 17.2. The number of hydrogen-bond acceptors (Lipinski definition) is 8. The normalized spacial score (nSPS) is 10.6. The number of carbonyl (C=O) groups is 1. The summed E-state index contributed by atoms with van der Waals surface area (Å²) in [6.07, 6.45) is 0. The molecule has 0 amide bonds. The molecule has 0 aliphatic carbocycles. The molecular weight excluding hydrogens is 368 g/mol. The van der Waals surface area contributed by atoms with Crippen molar-refractivity contribution >= 4 is 46.2 Å². The average molecular weight is 379 g/mol. The van der Waals surface area contributed by atoms with Crippen LogP contribution in [0.5, 0.6) is 0 Å². The number of nitrogens with one attached hydrogen (secondary N) is 1. The second-order valence-corrected chi connectivity index (χ2v) is 6.84. The van der Waals surface area contributed by atoms with Crippen molar-refractivity contribution < 1.29 is 9.53 Å². The lowest BCUT2D eigenvalue weighted by atomic mass is 10.2. The number of esters is 1. The highest BCUT2D eigenvalue weighted by atomic mass is 35.5.